The predicted molar refractivity (Wildman–Crippen MR) is 84.7 cm³/mol. The highest BCUT2D eigenvalue weighted by Crippen LogP contribution is 2.37. The fraction of sp³-hybridized carbons (Fsp3) is 0.118. The molecular formula is C17H14O4S. The maximum Gasteiger partial charge on any atom is 0.250 e. The smallest absolute Gasteiger partial charge is 0.250 e. The molecule has 1 heterocycles. The lowest BCUT2D eigenvalue weighted by molar-refractivity contribution is 0.104. The van der Waals surface area contributed by atoms with Gasteiger partial charge in [-0.05, 0) is 11.6 Å². The van der Waals surface area contributed by atoms with Crippen LogP contribution in [-0.4, -0.2) is 23.4 Å². The van der Waals surface area contributed by atoms with Gasteiger partial charge in [0.15, 0.2) is 16.4 Å². The van der Waals surface area contributed by atoms with Crippen LogP contribution < -0.4 is 9.47 Å². The van der Waals surface area contributed by atoms with E-state index in [1.165, 1.54) is 13.2 Å². The van der Waals surface area contributed by atoms with Crippen LogP contribution in [0.2, 0.25) is 0 Å². The van der Waals surface area contributed by atoms with Gasteiger partial charge in [-0.3, -0.25) is 4.79 Å². The van der Waals surface area contributed by atoms with E-state index >= 15 is 0 Å². The lowest BCUT2D eigenvalue weighted by Gasteiger charge is -2.07. The summed E-state index contributed by atoms with van der Waals surface area (Å²) in [5, 5.41) is 0. The van der Waals surface area contributed by atoms with Crippen molar-refractivity contribution in [2.45, 2.75) is 4.90 Å². The first-order valence-electron chi connectivity index (χ1n) is 6.69. The molecule has 4 nitrogen and oxygen atoms in total. The minimum Gasteiger partial charge on any atom is -0.609 e. The highest BCUT2D eigenvalue weighted by atomic mass is 32.2. The normalized spacial score (nSPS) is 16.4. The van der Waals surface area contributed by atoms with E-state index in [1.54, 1.807) is 18.2 Å². The molecule has 5 heteroatoms. The summed E-state index contributed by atoms with van der Waals surface area (Å²) in [5.41, 5.74) is 1.31. The van der Waals surface area contributed by atoms with Crippen molar-refractivity contribution in [1.29, 1.82) is 0 Å². The van der Waals surface area contributed by atoms with Crippen LogP contribution in [0.4, 0.5) is 0 Å². The van der Waals surface area contributed by atoms with E-state index in [-0.39, 0.29) is 11.7 Å². The van der Waals surface area contributed by atoms with Crippen molar-refractivity contribution >= 4 is 23.0 Å². The van der Waals surface area contributed by atoms with Crippen LogP contribution >= 0.6 is 0 Å². The zero-order chi connectivity index (χ0) is 15.5. The number of methoxy groups -OCH3 is 1. The van der Waals surface area contributed by atoms with Crippen molar-refractivity contribution in [3.05, 3.63) is 59.7 Å². The molecule has 0 amide bonds. The molecule has 1 atom stereocenters. The van der Waals surface area contributed by atoms with Crippen molar-refractivity contribution in [3.63, 3.8) is 0 Å². The SMILES string of the molecule is COc1cc2c(cc1C(=O)C=Cc1ccccc1)[S+]([O-])CO2. The molecule has 0 saturated carbocycles. The van der Waals surface area contributed by atoms with Crippen molar-refractivity contribution in [1.82, 2.24) is 0 Å². The van der Waals surface area contributed by atoms with Crippen LogP contribution in [0.3, 0.4) is 0 Å². The summed E-state index contributed by atoms with van der Waals surface area (Å²) in [4.78, 5) is 12.9. The topological polar surface area (TPSA) is 58.6 Å². The van der Waals surface area contributed by atoms with Crippen LogP contribution in [0.5, 0.6) is 11.5 Å². The monoisotopic (exact) mass is 314 g/mol. The Balaban J connectivity index is 1.92. The summed E-state index contributed by atoms with van der Waals surface area (Å²) in [6.07, 6.45) is 3.22. The third-order valence-electron chi connectivity index (χ3n) is 3.32. The number of hydrogen-bond acceptors (Lipinski definition) is 4. The van der Waals surface area contributed by atoms with Crippen LogP contribution in [0.25, 0.3) is 6.08 Å². The van der Waals surface area contributed by atoms with Gasteiger partial charge in [0.1, 0.15) is 5.75 Å². The maximum atomic E-state index is 12.4. The number of ketones is 1. The number of rotatable bonds is 4. The van der Waals surface area contributed by atoms with Crippen LogP contribution in [0.15, 0.2) is 53.4 Å². The highest BCUT2D eigenvalue weighted by Gasteiger charge is 2.29. The second-order valence-electron chi connectivity index (χ2n) is 4.72. The summed E-state index contributed by atoms with van der Waals surface area (Å²) in [6.45, 7) is 0. The van der Waals surface area contributed by atoms with Crippen molar-refractivity contribution < 1.29 is 18.8 Å². The van der Waals surface area contributed by atoms with E-state index in [2.05, 4.69) is 0 Å². The van der Waals surface area contributed by atoms with Gasteiger partial charge in [0.25, 0.3) is 5.94 Å². The third-order valence-corrected chi connectivity index (χ3v) is 4.47. The molecule has 0 bridgehead atoms. The Morgan fingerprint density at radius 2 is 2.09 bits per heavy atom. The average molecular weight is 314 g/mol. The summed E-state index contributed by atoms with van der Waals surface area (Å²) < 4.78 is 22.4. The van der Waals surface area contributed by atoms with Gasteiger partial charge in [-0.25, -0.2) is 0 Å². The molecule has 1 aliphatic heterocycles. The van der Waals surface area contributed by atoms with Crippen LogP contribution in [0.1, 0.15) is 15.9 Å². The van der Waals surface area contributed by atoms with E-state index in [1.807, 2.05) is 30.3 Å². The minimum absolute atomic E-state index is 0.121. The lowest BCUT2D eigenvalue weighted by atomic mass is 10.1. The Hall–Kier alpha value is -2.24. The van der Waals surface area contributed by atoms with Gasteiger partial charge in [0.05, 0.1) is 12.7 Å². The van der Waals surface area contributed by atoms with Crippen LogP contribution in [0, 0.1) is 0 Å². The number of hydrogen-bond donors (Lipinski definition) is 0. The van der Waals surface area contributed by atoms with Crippen molar-refractivity contribution in [3.8, 4) is 11.5 Å². The van der Waals surface area contributed by atoms with Gasteiger partial charge in [0, 0.05) is 23.3 Å². The molecule has 1 unspecified atom stereocenters. The fourth-order valence-corrected chi connectivity index (χ4v) is 3.15. The molecule has 112 valence electrons. The Bertz CT molecular complexity index is 725. The molecule has 0 aliphatic carbocycles. The highest BCUT2D eigenvalue weighted by molar-refractivity contribution is 7.91. The van der Waals surface area contributed by atoms with Gasteiger partial charge in [-0.15, -0.1) is 0 Å². The third kappa shape index (κ3) is 2.86. The van der Waals surface area contributed by atoms with E-state index in [0.717, 1.165) is 5.56 Å². The van der Waals surface area contributed by atoms with Gasteiger partial charge in [-0.2, -0.15) is 0 Å². The number of allylic oxidation sites excluding steroid dienone is 1. The zero-order valence-electron chi connectivity index (χ0n) is 11.9. The lowest BCUT2D eigenvalue weighted by Crippen LogP contribution is -2.03. The predicted octanol–water partition coefficient (Wildman–Crippen LogP) is 3.05. The molecule has 0 spiro atoms. The first kappa shape index (κ1) is 14.7. The number of carbonyl (C=O) groups excluding carboxylic acids is 1. The van der Waals surface area contributed by atoms with Gasteiger partial charge < -0.3 is 14.0 Å². The van der Waals surface area contributed by atoms with Crippen LogP contribution in [-0.2, 0) is 11.2 Å². The summed E-state index contributed by atoms with van der Waals surface area (Å²) in [6, 6.07) is 12.7. The van der Waals surface area contributed by atoms with Crippen molar-refractivity contribution in [2.24, 2.45) is 0 Å². The van der Waals surface area contributed by atoms with Gasteiger partial charge in [-0.1, -0.05) is 36.4 Å². The molecule has 0 aromatic heterocycles. The van der Waals surface area contributed by atoms with E-state index < -0.39 is 11.2 Å². The Morgan fingerprint density at radius 1 is 1.32 bits per heavy atom. The molecule has 3 rings (SSSR count). The molecule has 0 radical (unpaired) electrons. The Morgan fingerprint density at radius 3 is 2.82 bits per heavy atom. The largest absolute Gasteiger partial charge is 0.609 e. The first-order valence-corrected chi connectivity index (χ1v) is 8.01. The molecule has 1 aliphatic rings. The van der Waals surface area contributed by atoms with Gasteiger partial charge in [0.2, 0.25) is 0 Å². The summed E-state index contributed by atoms with van der Waals surface area (Å²) >= 11 is -1.23. The number of carbonyl (C=O) groups is 1. The maximum absolute atomic E-state index is 12.4. The van der Waals surface area contributed by atoms with E-state index in [9.17, 15) is 9.35 Å². The second kappa shape index (κ2) is 6.25. The minimum atomic E-state index is -1.23. The van der Waals surface area contributed by atoms with Crippen molar-refractivity contribution in [2.75, 3.05) is 13.0 Å². The molecule has 0 saturated heterocycles. The molecule has 0 N–H and O–H groups in total. The number of benzene rings is 2. The molecule has 22 heavy (non-hydrogen) atoms. The Kier molecular flexibility index (Phi) is 4.18. The number of fused-ring (bicyclic) bond motifs is 1. The zero-order valence-corrected chi connectivity index (χ0v) is 12.8. The van der Waals surface area contributed by atoms with E-state index in [4.69, 9.17) is 9.47 Å². The average Bonchev–Trinajstić information content (AvgIpc) is 2.93. The van der Waals surface area contributed by atoms with E-state index in [0.29, 0.717) is 22.0 Å². The quantitative estimate of drug-likeness (QED) is 0.494. The molecule has 2 aromatic carbocycles. The summed E-state index contributed by atoms with van der Waals surface area (Å²) in [7, 11) is 1.49. The Labute approximate surface area is 131 Å². The molecular weight excluding hydrogens is 300 g/mol. The summed E-state index contributed by atoms with van der Waals surface area (Å²) in [5.74, 6) is 0.849. The fourth-order valence-electron chi connectivity index (χ4n) is 2.20. The standard InChI is InChI=1S/C17H14O4S/c1-20-15-10-16-17(22(19)11-21-16)9-13(15)14(18)8-7-12-5-3-2-4-6-12/h2-10H,11H2,1H3. The second-order valence-corrected chi connectivity index (χ2v) is 6.08. The molecule has 0 fully saturated rings. The first-order chi connectivity index (χ1) is 10.7. The number of ether oxygens (including phenoxy) is 2. The molecule has 2 aromatic rings. The van der Waals surface area contributed by atoms with Gasteiger partial charge >= 0.3 is 0 Å².